The highest BCUT2D eigenvalue weighted by molar-refractivity contribution is 5.89. The van der Waals surface area contributed by atoms with Gasteiger partial charge in [-0.2, -0.15) is 0 Å². The van der Waals surface area contributed by atoms with Crippen molar-refractivity contribution in [3.8, 4) is 0 Å². The minimum absolute atomic E-state index is 0.115. The lowest BCUT2D eigenvalue weighted by Crippen LogP contribution is -2.62. The maximum atomic E-state index is 11.8. The first kappa shape index (κ1) is 13.8. The molecule has 0 radical (unpaired) electrons. The summed E-state index contributed by atoms with van der Waals surface area (Å²) in [7, 11) is 0. The van der Waals surface area contributed by atoms with Crippen LogP contribution in [0.2, 0.25) is 0 Å². The fraction of sp³-hybridized carbons (Fsp3) is 0.842. The van der Waals surface area contributed by atoms with E-state index in [0.29, 0.717) is 17.4 Å². The summed E-state index contributed by atoms with van der Waals surface area (Å²) < 4.78 is 0. The van der Waals surface area contributed by atoms with Crippen molar-refractivity contribution in [2.24, 2.45) is 34.5 Å². The number of amides is 1. The first-order chi connectivity index (χ1) is 9.94. The van der Waals surface area contributed by atoms with Crippen LogP contribution < -0.4 is 5.32 Å². The van der Waals surface area contributed by atoms with Gasteiger partial charge in [0.25, 0.3) is 0 Å². The molecule has 0 bridgehead atoms. The summed E-state index contributed by atoms with van der Waals surface area (Å²) in [5.41, 5.74) is 0.797. The summed E-state index contributed by atoms with van der Waals surface area (Å²) in [4.78, 5) is 11.8. The van der Waals surface area contributed by atoms with Crippen LogP contribution in [0.5, 0.6) is 0 Å². The number of rotatable bonds is 0. The normalized spacial score (nSPS) is 55.4. The van der Waals surface area contributed by atoms with Crippen LogP contribution in [0.3, 0.4) is 0 Å². The Kier molecular flexibility index (Phi) is 2.88. The molecule has 2 heteroatoms. The number of carbonyl (C=O) groups excluding carboxylic acids is 1. The van der Waals surface area contributed by atoms with E-state index in [-0.39, 0.29) is 11.3 Å². The summed E-state index contributed by atoms with van der Waals surface area (Å²) in [6.07, 6.45) is 12.5. The van der Waals surface area contributed by atoms with Gasteiger partial charge in [0, 0.05) is 11.5 Å². The van der Waals surface area contributed by atoms with E-state index in [9.17, 15) is 4.79 Å². The molecule has 4 aliphatic rings. The molecule has 3 aliphatic carbocycles. The average Bonchev–Trinajstić information content (AvgIpc) is 2.83. The van der Waals surface area contributed by atoms with E-state index in [1.807, 2.05) is 0 Å². The van der Waals surface area contributed by atoms with Crippen molar-refractivity contribution in [2.45, 2.75) is 65.3 Å². The molecule has 1 amide bonds. The largest absolute Gasteiger partial charge is 0.349 e. The molecular weight excluding hydrogens is 258 g/mol. The lowest BCUT2D eigenvalue weighted by molar-refractivity contribution is -0.124. The summed E-state index contributed by atoms with van der Waals surface area (Å²) in [6, 6.07) is 0.349. The van der Waals surface area contributed by atoms with Crippen LogP contribution in [0.15, 0.2) is 12.2 Å². The van der Waals surface area contributed by atoms with Gasteiger partial charge < -0.3 is 5.32 Å². The Morgan fingerprint density at radius 3 is 2.81 bits per heavy atom. The maximum Gasteiger partial charge on any atom is 0.243 e. The van der Waals surface area contributed by atoms with Gasteiger partial charge in [-0.05, 0) is 67.3 Å². The monoisotopic (exact) mass is 287 g/mol. The molecule has 1 aliphatic heterocycles. The second-order valence-electron chi connectivity index (χ2n) is 8.86. The Morgan fingerprint density at radius 2 is 2.00 bits per heavy atom. The number of fused-ring (bicyclic) bond motifs is 5. The molecule has 116 valence electrons. The van der Waals surface area contributed by atoms with Gasteiger partial charge in [0.1, 0.15) is 0 Å². The average molecular weight is 287 g/mol. The molecule has 0 aromatic heterocycles. The molecule has 7 atom stereocenters. The molecule has 21 heavy (non-hydrogen) atoms. The van der Waals surface area contributed by atoms with E-state index >= 15 is 0 Å². The molecule has 1 unspecified atom stereocenters. The number of nitrogens with one attached hydrogen (secondary N) is 1. The third-order valence-corrected chi connectivity index (χ3v) is 7.79. The lowest BCUT2D eigenvalue weighted by Gasteiger charge is -2.60. The van der Waals surface area contributed by atoms with Crippen LogP contribution in [0.4, 0.5) is 0 Å². The topological polar surface area (TPSA) is 29.1 Å². The molecule has 4 rings (SSSR count). The minimum atomic E-state index is 0.115. The van der Waals surface area contributed by atoms with E-state index < -0.39 is 0 Å². The molecule has 3 fully saturated rings. The van der Waals surface area contributed by atoms with Crippen molar-refractivity contribution in [3.05, 3.63) is 12.2 Å². The predicted octanol–water partition coefficient (Wildman–Crippen LogP) is 3.92. The summed E-state index contributed by atoms with van der Waals surface area (Å²) in [5, 5.41) is 3.29. The number of hydrogen-bond acceptors (Lipinski definition) is 1. The van der Waals surface area contributed by atoms with Gasteiger partial charge in [-0.3, -0.25) is 4.79 Å². The Morgan fingerprint density at radius 1 is 1.19 bits per heavy atom. The van der Waals surface area contributed by atoms with Crippen LogP contribution in [0, 0.1) is 34.5 Å². The summed E-state index contributed by atoms with van der Waals surface area (Å²) in [6.45, 7) is 7.33. The predicted molar refractivity (Wildman–Crippen MR) is 84.6 cm³/mol. The van der Waals surface area contributed by atoms with Gasteiger partial charge >= 0.3 is 0 Å². The standard InChI is InChI=1S/C19H29NO/c1-12-11-13-14-5-4-8-18(14,2)9-6-15(13)19(3)10-7-16(21)20-17(12)19/h7,10,12-15,17H,4-6,8-9,11H2,1-3H3,(H,20,21)/t12?,13-,14-,15-,17+,18-,19+/m0/s1. The first-order valence-electron chi connectivity index (χ1n) is 8.94. The highest BCUT2D eigenvalue weighted by Gasteiger charge is 2.58. The van der Waals surface area contributed by atoms with Crippen LogP contribution >= 0.6 is 0 Å². The molecule has 0 spiro atoms. The van der Waals surface area contributed by atoms with Gasteiger partial charge in [0.2, 0.25) is 5.91 Å². The minimum Gasteiger partial charge on any atom is -0.349 e. The highest BCUT2D eigenvalue weighted by atomic mass is 16.1. The van der Waals surface area contributed by atoms with Crippen molar-refractivity contribution < 1.29 is 4.79 Å². The molecule has 1 heterocycles. The summed E-state index contributed by atoms with van der Waals surface area (Å²) >= 11 is 0. The van der Waals surface area contributed by atoms with Crippen LogP contribution in [-0.2, 0) is 4.79 Å². The van der Waals surface area contributed by atoms with Crippen molar-refractivity contribution in [3.63, 3.8) is 0 Å². The summed E-state index contributed by atoms with van der Waals surface area (Å²) in [5.74, 6) is 3.30. The Labute approximate surface area is 128 Å². The molecule has 2 nitrogen and oxygen atoms in total. The van der Waals surface area contributed by atoms with Gasteiger partial charge in [0.05, 0.1) is 0 Å². The molecule has 0 aromatic carbocycles. The second-order valence-corrected chi connectivity index (χ2v) is 8.86. The first-order valence-corrected chi connectivity index (χ1v) is 8.94. The van der Waals surface area contributed by atoms with Gasteiger partial charge in [-0.25, -0.2) is 0 Å². The third kappa shape index (κ3) is 1.80. The third-order valence-electron chi connectivity index (χ3n) is 7.79. The fourth-order valence-electron chi connectivity index (χ4n) is 6.77. The zero-order valence-electron chi connectivity index (χ0n) is 13.7. The van der Waals surface area contributed by atoms with Gasteiger partial charge in [-0.1, -0.05) is 33.3 Å². The molecule has 0 aromatic rings. The molecular formula is C19H29NO. The van der Waals surface area contributed by atoms with Crippen LogP contribution in [0.1, 0.15) is 59.3 Å². The second kappa shape index (κ2) is 4.36. The molecule has 1 N–H and O–H groups in total. The quantitative estimate of drug-likeness (QED) is 0.719. The smallest absolute Gasteiger partial charge is 0.243 e. The van der Waals surface area contributed by atoms with Gasteiger partial charge in [0.15, 0.2) is 0 Å². The Bertz CT molecular complexity index is 498. The van der Waals surface area contributed by atoms with Gasteiger partial charge in [-0.15, -0.1) is 0 Å². The van der Waals surface area contributed by atoms with Crippen molar-refractivity contribution in [1.82, 2.24) is 5.32 Å². The van der Waals surface area contributed by atoms with E-state index in [2.05, 4.69) is 32.2 Å². The number of carbonyl (C=O) groups is 1. The molecule has 3 saturated carbocycles. The van der Waals surface area contributed by atoms with E-state index in [1.165, 1.54) is 38.5 Å². The van der Waals surface area contributed by atoms with E-state index in [0.717, 1.165) is 17.8 Å². The zero-order chi connectivity index (χ0) is 14.8. The molecule has 0 saturated heterocycles. The lowest BCUT2D eigenvalue weighted by atomic mass is 9.47. The SMILES string of the molecule is CC1C[C@H]2[C@@H]3CCC[C@@]3(C)CC[C@@H]2[C@@]2(C)C=CC(=O)N[C@H]12. The Balaban J connectivity index is 1.72. The van der Waals surface area contributed by atoms with Crippen molar-refractivity contribution in [2.75, 3.05) is 0 Å². The maximum absolute atomic E-state index is 11.8. The number of hydrogen-bond donors (Lipinski definition) is 1. The van der Waals surface area contributed by atoms with Crippen LogP contribution in [-0.4, -0.2) is 11.9 Å². The fourth-order valence-corrected chi connectivity index (χ4v) is 6.77. The van der Waals surface area contributed by atoms with E-state index in [4.69, 9.17) is 0 Å². The zero-order valence-corrected chi connectivity index (χ0v) is 13.7. The van der Waals surface area contributed by atoms with Crippen LogP contribution in [0.25, 0.3) is 0 Å². The van der Waals surface area contributed by atoms with E-state index in [1.54, 1.807) is 6.08 Å². The highest BCUT2D eigenvalue weighted by Crippen LogP contribution is 2.64. The van der Waals surface area contributed by atoms with Crippen molar-refractivity contribution in [1.29, 1.82) is 0 Å². The van der Waals surface area contributed by atoms with Crippen molar-refractivity contribution >= 4 is 5.91 Å². The Hall–Kier alpha value is -0.790.